The summed E-state index contributed by atoms with van der Waals surface area (Å²) in [5.74, 6) is -0.200. The van der Waals surface area contributed by atoms with Crippen molar-refractivity contribution in [1.29, 1.82) is 0 Å². The number of carbonyl (C=O) groups excluding carboxylic acids is 2. The minimum atomic E-state index is -0.410. The van der Waals surface area contributed by atoms with Crippen LogP contribution in [-0.2, 0) is 19.1 Å². The van der Waals surface area contributed by atoms with Gasteiger partial charge < -0.3 is 9.47 Å². The van der Waals surface area contributed by atoms with Gasteiger partial charge in [0.25, 0.3) is 0 Å². The molecule has 4 heteroatoms. The lowest BCUT2D eigenvalue weighted by atomic mass is 10.1. The predicted molar refractivity (Wildman–Crippen MR) is 107 cm³/mol. The van der Waals surface area contributed by atoms with Crippen molar-refractivity contribution in [2.45, 2.75) is 130 Å². The lowest BCUT2D eigenvalue weighted by Gasteiger charge is -2.19. The van der Waals surface area contributed by atoms with E-state index >= 15 is 0 Å². The maximum Gasteiger partial charge on any atom is 0.306 e. The van der Waals surface area contributed by atoms with Crippen LogP contribution in [0, 0.1) is 0 Å². The summed E-state index contributed by atoms with van der Waals surface area (Å²) in [6, 6.07) is 0. The number of esters is 2. The molecule has 0 aliphatic carbocycles. The molecule has 0 aliphatic rings. The van der Waals surface area contributed by atoms with Crippen LogP contribution in [0.3, 0.4) is 0 Å². The molecule has 0 saturated heterocycles. The summed E-state index contributed by atoms with van der Waals surface area (Å²) in [7, 11) is 0. The van der Waals surface area contributed by atoms with E-state index in [0.29, 0.717) is 12.8 Å². The Bertz CT molecular complexity index is 371. The molecule has 0 fully saturated rings. The van der Waals surface area contributed by atoms with Gasteiger partial charge in [-0.25, -0.2) is 0 Å². The van der Waals surface area contributed by atoms with E-state index in [1.54, 1.807) is 0 Å². The van der Waals surface area contributed by atoms with Gasteiger partial charge in [-0.1, -0.05) is 52.4 Å². The fourth-order valence-corrected chi connectivity index (χ4v) is 2.91. The largest absolute Gasteiger partial charge is 0.462 e. The maximum absolute atomic E-state index is 12.0. The van der Waals surface area contributed by atoms with Crippen molar-refractivity contribution in [1.82, 2.24) is 0 Å². The molecule has 0 aliphatic heterocycles. The molecular formula is C22H42O4. The van der Waals surface area contributed by atoms with Crippen LogP contribution in [0.2, 0.25) is 0 Å². The Kier molecular flexibility index (Phi) is 14.4. The number of ether oxygens (including phenoxy) is 2. The average molecular weight is 371 g/mol. The van der Waals surface area contributed by atoms with Gasteiger partial charge in [0.1, 0.15) is 11.7 Å². The third-order valence-corrected chi connectivity index (χ3v) is 4.22. The van der Waals surface area contributed by atoms with Crippen molar-refractivity contribution in [2.24, 2.45) is 0 Å². The van der Waals surface area contributed by atoms with Crippen molar-refractivity contribution in [3.63, 3.8) is 0 Å². The molecule has 154 valence electrons. The van der Waals surface area contributed by atoms with Crippen LogP contribution in [0.1, 0.15) is 118 Å². The van der Waals surface area contributed by atoms with E-state index in [1.165, 1.54) is 19.3 Å². The highest BCUT2D eigenvalue weighted by molar-refractivity contribution is 5.70. The number of rotatable bonds is 15. The van der Waals surface area contributed by atoms with E-state index in [2.05, 4.69) is 13.8 Å². The van der Waals surface area contributed by atoms with Crippen molar-refractivity contribution in [3.8, 4) is 0 Å². The summed E-state index contributed by atoms with van der Waals surface area (Å²) < 4.78 is 10.9. The van der Waals surface area contributed by atoms with Crippen LogP contribution in [0.15, 0.2) is 0 Å². The first-order chi connectivity index (χ1) is 12.3. The zero-order valence-corrected chi connectivity index (χ0v) is 17.9. The normalized spacial score (nSPS) is 12.7. The molecule has 0 radical (unpaired) electrons. The predicted octanol–water partition coefficient (Wildman–Crippen LogP) is 6.35. The number of unbranched alkanes of at least 4 members (excludes halogenated alkanes) is 6. The first kappa shape index (κ1) is 24.9. The second kappa shape index (κ2) is 15.0. The van der Waals surface area contributed by atoms with Crippen LogP contribution in [-0.4, -0.2) is 23.6 Å². The summed E-state index contributed by atoms with van der Waals surface area (Å²) in [6.07, 6.45) is 12.5. The topological polar surface area (TPSA) is 52.6 Å². The second-order valence-electron chi connectivity index (χ2n) is 8.25. The van der Waals surface area contributed by atoms with Crippen molar-refractivity contribution in [3.05, 3.63) is 0 Å². The Morgan fingerprint density at radius 3 is 1.85 bits per heavy atom. The Balaban J connectivity index is 3.77. The number of hydrogen-bond donors (Lipinski definition) is 0. The van der Waals surface area contributed by atoms with Crippen molar-refractivity contribution in [2.75, 3.05) is 0 Å². The summed E-state index contributed by atoms with van der Waals surface area (Å²) >= 11 is 0. The number of carbonyl (C=O) groups is 2. The highest BCUT2D eigenvalue weighted by atomic mass is 16.6. The minimum absolute atomic E-state index is 0.0638. The van der Waals surface area contributed by atoms with E-state index in [-0.39, 0.29) is 18.0 Å². The van der Waals surface area contributed by atoms with Crippen LogP contribution < -0.4 is 0 Å². The Morgan fingerprint density at radius 1 is 0.731 bits per heavy atom. The average Bonchev–Trinajstić information content (AvgIpc) is 2.53. The molecule has 0 N–H and O–H groups in total. The zero-order chi connectivity index (χ0) is 19.8. The molecule has 0 bridgehead atoms. The molecule has 1 atom stereocenters. The van der Waals surface area contributed by atoms with Crippen LogP contribution in [0.5, 0.6) is 0 Å². The first-order valence-electron chi connectivity index (χ1n) is 10.7. The van der Waals surface area contributed by atoms with E-state index in [0.717, 1.165) is 51.4 Å². The first-order valence-corrected chi connectivity index (χ1v) is 10.7. The van der Waals surface area contributed by atoms with Crippen LogP contribution >= 0.6 is 0 Å². The fourth-order valence-electron chi connectivity index (χ4n) is 2.91. The molecular weight excluding hydrogens is 328 g/mol. The van der Waals surface area contributed by atoms with E-state index < -0.39 is 5.60 Å². The molecule has 1 unspecified atom stereocenters. The molecule has 0 aromatic carbocycles. The molecule has 0 spiro atoms. The van der Waals surface area contributed by atoms with Gasteiger partial charge >= 0.3 is 11.9 Å². The summed E-state index contributed by atoms with van der Waals surface area (Å²) in [5.41, 5.74) is -0.410. The third kappa shape index (κ3) is 16.4. The SMILES string of the molecule is CCCCCCC(CCC)OC(=O)CCCCCCC(=O)OC(C)(C)C. The van der Waals surface area contributed by atoms with Gasteiger partial charge in [-0.2, -0.15) is 0 Å². The minimum Gasteiger partial charge on any atom is -0.462 e. The monoisotopic (exact) mass is 370 g/mol. The lowest BCUT2D eigenvalue weighted by molar-refractivity contribution is -0.155. The molecule has 0 rings (SSSR count). The van der Waals surface area contributed by atoms with Gasteiger partial charge in [-0.3, -0.25) is 9.59 Å². The zero-order valence-electron chi connectivity index (χ0n) is 17.9. The Labute approximate surface area is 161 Å². The van der Waals surface area contributed by atoms with Gasteiger partial charge in [-0.05, 0) is 52.9 Å². The van der Waals surface area contributed by atoms with Gasteiger partial charge in [-0.15, -0.1) is 0 Å². The Hall–Kier alpha value is -1.06. The summed E-state index contributed by atoms with van der Waals surface area (Å²) in [4.78, 5) is 23.6. The number of hydrogen-bond acceptors (Lipinski definition) is 4. The molecule has 0 heterocycles. The lowest BCUT2D eigenvalue weighted by Crippen LogP contribution is -2.23. The molecule has 0 aromatic rings. The quantitative estimate of drug-likeness (QED) is 0.249. The smallest absolute Gasteiger partial charge is 0.306 e. The highest BCUT2D eigenvalue weighted by Crippen LogP contribution is 2.15. The standard InChI is InChI=1S/C22H42O4/c1-6-8-9-12-16-19(15-7-2)25-20(23)17-13-10-11-14-18-21(24)26-22(3,4)5/h19H,6-18H2,1-5H3. The molecule has 0 saturated carbocycles. The molecule has 0 amide bonds. The highest BCUT2D eigenvalue weighted by Gasteiger charge is 2.16. The van der Waals surface area contributed by atoms with E-state index in [4.69, 9.17) is 9.47 Å². The van der Waals surface area contributed by atoms with Gasteiger partial charge in [0.05, 0.1) is 0 Å². The second-order valence-corrected chi connectivity index (χ2v) is 8.25. The molecule has 0 aromatic heterocycles. The Morgan fingerprint density at radius 2 is 1.31 bits per heavy atom. The van der Waals surface area contributed by atoms with Gasteiger partial charge in [0.15, 0.2) is 0 Å². The van der Waals surface area contributed by atoms with Crippen molar-refractivity contribution < 1.29 is 19.1 Å². The maximum atomic E-state index is 12.0. The van der Waals surface area contributed by atoms with Crippen LogP contribution in [0.4, 0.5) is 0 Å². The fraction of sp³-hybridized carbons (Fsp3) is 0.909. The van der Waals surface area contributed by atoms with Crippen LogP contribution in [0.25, 0.3) is 0 Å². The van der Waals surface area contributed by atoms with E-state index in [1.807, 2.05) is 20.8 Å². The molecule has 26 heavy (non-hydrogen) atoms. The third-order valence-electron chi connectivity index (χ3n) is 4.22. The van der Waals surface area contributed by atoms with Gasteiger partial charge in [0, 0.05) is 12.8 Å². The van der Waals surface area contributed by atoms with Crippen molar-refractivity contribution >= 4 is 11.9 Å². The van der Waals surface area contributed by atoms with Gasteiger partial charge in [0.2, 0.25) is 0 Å². The molecule has 4 nitrogen and oxygen atoms in total. The van der Waals surface area contributed by atoms with E-state index in [9.17, 15) is 9.59 Å². The summed E-state index contributed by atoms with van der Waals surface area (Å²) in [5, 5.41) is 0. The summed E-state index contributed by atoms with van der Waals surface area (Å²) in [6.45, 7) is 9.99.